The minimum Gasteiger partial charge on any atom is -0.287 e. The van der Waals surface area contributed by atoms with Gasteiger partial charge in [0.2, 0.25) is 0 Å². The molecule has 0 unspecified atom stereocenters. The van der Waals surface area contributed by atoms with Crippen LogP contribution in [0.15, 0.2) is 126 Å². The van der Waals surface area contributed by atoms with Crippen LogP contribution in [-0.2, 0) is 26.2 Å². The van der Waals surface area contributed by atoms with E-state index in [9.17, 15) is 0 Å². The van der Waals surface area contributed by atoms with Crippen LogP contribution in [0.3, 0.4) is 0 Å². The van der Waals surface area contributed by atoms with Crippen LogP contribution in [0.25, 0.3) is 11.1 Å². The highest BCUT2D eigenvalue weighted by molar-refractivity contribution is 7.12. The zero-order valence-electron chi connectivity index (χ0n) is 24.0. The molecule has 8 heteroatoms. The Bertz CT molecular complexity index is 1580. The summed E-state index contributed by atoms with van der Waals surface area (Å²) in [5.41, 5.74) is 6.96. The third-order valence-electron chi connectivity index (χ3n) is 6.58. The summed E-state index contributed by atoms with van der Waals surface area (Å²) in [7, 11) is 0. The summed E-state index contributed by atoms with van der Waals surface area (Å²) in [4.78, 5) is 23.7. The Morgan fingerprint density at radius 2 is 0.659 bits per heavy atom. The molecule has 0 N–H and O–H groups in total. The van der Waals surface area contributed by atoms with E-state index in [2.05, 4.69) is 106 Å². The molecule has 0 saturated carbocycles. The molecular weight excluding hydrogens is 617 g/mol. The summed E-state index contributed by atoms with van der Waals surface area (Å²) >= 11 is 6.78. The topological polar surface area (TPSA) is 49.4 Å². The minimum atomic E-state index is 0.607. The average Bonchev–Trinajstić information content (AvgIpc) is 3.86. The lowest BCUT2D eigenvalue weighted by molar-refractivity contribution is 1.03. The molecule has 4 aromatic heterocycles. The van der Waals surface area contributed by atoms with Crippen molar-refractivity contribution in [3.8, 4) is 11.1 Å². The van der Waals surface area contributed by atoms with Crippen molar-refractivity contribution in [3.63, 3.8) is 0 Å². The quantitative estimate of drug-likeness (QED) is 0.112. The molecule has 0 radical (unpaired) electrons. The molecule has 4 heterocycles. The highest BCUT2D eigenvalue weighted by Gasteiger charge is 2.08. The van der Waals surface area contributed by atoms with Crippen molar-refractivity contribution in [2.24, 2.45) is 20.0 Å². The Morgan fingerprint density at radius 3 is 0.886 bits per heavy atom. The normalized spacial score (nSPS) is 12.1. The standard InChI is InChI=1S/C36H30N4S4/c1-5-33(41-9-1)23-37-19-27-13-28(20-38-24-34-6-2-10-42-34)16-31(15-27)32-17-29(21-39-25-35-7-3-11-43-35)14-30(18-32)22-40-26-36-8-4-12-44-36/h1-18,23-26H,19-22H2. The lowest BCUT2D eigenvalue weighted by Gasteiger charge is -2.11. The molecule has 0 amide bonds. The molecular formula is C36H30N4S4. The predicted octanol–water partition coefficient (Wildman–Crippen LogP) is 10.1. The Morgan fingerprint density at radius 1 is 0.386 bits per heavy atom. The smallest absolute Gasteiger partial charge is 0.0640 e. The van der Waals surface area contributed by atoms with E-state index in [4.69, 9.17) is 20.0 Å². The van der Waals surface area contributed by atoms with Gasteiger partial charge in [0.1, 0.15) is 0 Å². The van der Waals surface area contributed by atoms with Crippen molar-refractivity contribution < 1.29 is 0 Å². The van der Waals surface area contributed by atoms with Crippen molar-refractivity contribution in [2.45, 2.75) is 26.2 Å². The molecule has 0 fully saturated rings. The van der Waals surface area contributed by atoms with Gasteiger partial charge in [0.15, 0.2) is 0 Å². The van der Waals surface area contributed by atoms with Crippen LogP contribution in [0.4, 0.5) is 0 Å². The summed E-state index contributed by atoms with van der Waals surface area (Å²) < 4.78 is 0. The maximum absolute atomic E-state index is 4.76. The van der Waals surface area contributed by atoms with E-state index in [1.54, 1.807) is 45.3 Å². The molecule has 0 spiro atoms. The Hall–Kier alpha value is -4.08. The van der Waals surface area contributed by atoms with Gasteiger partial charge < -0.3 is 0 Å². The fourth-order valence-corrected chi connectivity index (χ4v) is 7.07. The summed E-state index contributed by atoms with van der Waals surface area (Å²) in [5, 5.41) is 8.30. The first kappa shape index (κ1) is 30.0. The third-order valence-corrected chi connectivity index (χ3v) is 9.81. The number of thiophene rings is 4. The first-order chi connectivity index (χ1) is 21.8. The van der Waals surface area contributed by atoms with Crippen molar-refractivity contribution >= 4 is 70.2 Å². The van der Waals surface area contributed by atoms with Crippen LogP contribution in [0.1, 0.15) is 41.8 Å². The van der Waals surface area contributed by atoms with E-state index in [1.807, 2.05) is 24.9 Å². The summed E-state index contributed by atoms with van der Waals surface area (Å²) in [6.07, 6.45) is 7.84. The van der Waals surface area contributed by atoms with Crippen LogP contribution in [0.5, 0.6) is 0 Å². The maximum Gasteiger partial charge on any atom is 0.0640 e. The molecule has 0 aliphatic heterocycles. The van der Waals surface area contributed by atoms with Gasteiger partial charge in [0.25, 0.3) is 0 Å². The fourth-order valence-electron chi connectivity index (χ4n) is 4.65. The van der Waals surface area contributed by atoms with E-state index in [-0.39, 0.29) is 0 Å². The monoisotopic (exact) mass is 646 g/mol. The summed E-state index contributed by atoms with van der Waals surface area (Å²) in [6.45, 7) is 2.43. The molecule has 0 aliphatic carbocycles. The highest BCUT2D eigenvalue weighted by atomic mass is 32.1. The number of hydrogen-bond acceptors (Lipinski definition) is 8. The maximum atomic E-state index is 4.76. The second-order valence-corrected chi connectivity index (χ2v) is 13.9. The van der Waals surface area contributed by atoms with Crippen LogP contribution in [-0.4, -0.2) is 24.9 Å². The van der Waals surface area contributed by atoms with Gasteiger partial charge in [-0.2, -0.15) is 0 Å². The van der Waals surface area contributed by atoms with Crippen molar-refractivity contribution in [1.29, 1.82) is 0 Å². The van der Waals surface area contributed by atoms with Gasteiger partial charge in [-0.3, -0.25) is 20.0 Å². The number of hydrogen-bond donors (Lipinski definition) is 0. The van der Waals surface area contributed by atoms with E-state index >= 15 is 0 Å². The molecule has 218 valence electrons. The lowest BCUT2D eigenvalue weighted by Crippen LogP contribution is -1.94. The Balaban J connectivity index is 1.31. The number of benzene rings is 2. The van der Waals surface area contributed by atoms with Gasteiger partial charge in [-0.15, -0.1) is 45.3 Å². The van der Waals surface area contributed by atoms with Gasteiger partial charge >= 0.3 is 0 Å². The zero-order valence-corrected chi connectivity index (χ0v) is 27.2. The first-order valence-electron chi connectivity index (χ1n) is 14.2. The molecule has 4 nitrogen and oxygen atoms in total. The average molecular weight is 647 g/mol. The zero-order chi connectivity index (χ0) is 29.8. The molecule has 6 aromatic rings. The summed E-state index contributed by atoms with van der Waals surface area (Å²) in [5.74, 6) is 0. The minimum absolute atomic E-state index is 0.607. The van der Waals surface area contributed by atoms with Gasteiger partial charge in [-0.05, 0) is 103 Å². The third kappa shape index (κ3) is 8.97. The Labute approximate surface area is 274 Å². The van der Waals surface area contributed by atoms with Gasteiger partial charge in [0.05, 0.1) is 26.2 Å². The number of nitrogens with zero attached hydrogens (tertiary/aromatic N) is 4. The molecule has 0 atom stereocenters. The lowest BCUT2D eigenvalue weighted by atomic mass is 9.96. The van der Waals surface area contributed by atoms with Gasteiger partial charge in [0, 0.05) is 44.4 Å². The largest absolute Gasteiger partial charge is 0.287 e. The van der Waals surface area contributed by atoms with Gasteiger partial charge in [-0.1, -0.05) is 36.4 Å². The van der Waals surface area contributed by atoms with E-state index in [0.717, 1.165) is 52.9 Å². The van der Waals surface area contributed by atoms with E-state index in [0.29, 0.717) is 26.2 Å². The molecule has 0 aliphatic rings. The second-order valence-electron chi connectivity index (χ2n) is 10.0. The highest BCUT2D eigenvalue weighted by Crippen LogP contribution is 2.27. The fraction of sp³-hybridized carbons (Fsp3) is 0.111. The SMILES string of the molecule is C(=NCc1cc(CN=Cc2cccs2)cc(-c2cc(CN=Cc3cccs3)cc(CN=Cc3cccs3)c2)c1)c1cccs1. The Kier molecular flexibility index (Phi) is 10.6. The number of aliphatic imine (C=N–C) groups is 4. The second kappa shape index (κ2) is 15.6. The van der Waals surface area contributed by atoms with Crippen molar-refractivity contribution in [2.75, 3.05) is 0 Å². The molecule has 2 aromatic carbocycles. The van der Waals surface area contributed by atoms with Crippen LogP contribution >= 0.6 is 45.3 Å². The van der Waals surface area contributed by atoms with Crippen LogP contribution in [0, 0.1) is 0 Å². The van der Waals surface area contributed by atoms with Gasteiger partial charge in [-0.25, -0.2) is 0 Å². The molecule has 44 heavy (non-hydrogen) atoms. The molecule has 6 rings (SSSR count). The number of rotatable bonds is 13. The van der Waals surface area contributed by atoms with E-state index < -0.39 is 0 Å². The first-order valence-corrected chi connectivity index (χ1v) is 17.7. The van der Waals surface area contributed by atoms with Crippen LogP contribution < -0.4 is 0 Å². The van der Waals surface area contributed by atoms with Crippen molar-refractivity contribution in [3.05, 3.63) is 148 Å². The predicted molar refractivity (Wildman–Crippen MR) is 194 cm³/mol. The molecule has 0 saturated heterocycles. The molecule has 0 bridgehead atoms. The summed E-state index contributed by atoms with van der Waals surface area (Å²) in [6, 6.07) is 30.0. The van der Waals surface area contributed by atoms with Crippen molar-refractivity contribution in [1.82, 2.24) is 0 Å². The van der Waals surface area contributed by atoms with E-state index in [1.165, 1.54) is 0 Å². The van der Waals surface area contributed by atoms with Crippen LogP contribution in [0.2, 0.25) is 0 Å².